The lowest BCUT2D eigenvalue weighted by Crippen LogP contribution is -2.23. The first kappa shape index (κ1) is 12.3. The summed E-state index contributed by atoms with van der Waals surface area (Å²) in [5.74, 6) is 0.958. The lowest BCUT2D eigenvalue weighted by atomic mass is 10.2. The molecular weight excluding hydrogens is 260 g/mol. The van der Waals surface area contributed by atoms with E-state index < -0.39 is 0 Å². The predicted molar refractivity (Wildman–Crippen MR) is 76.9 cm³/mol. The van der Waals surface area contributed by atoms with Crippen molar-refractivity contribution in [3.05, 3.63) is 53.3 Å². The number of ether oxygens (including phenoxy) is 1. The minimum Gasteiger partial charge on any atom is -0.491 e. The SMILES string of the molecule is Clc1cc(CN2CCCOc3ccccc32)ccn1. The molecule has 98 valence electrons. The van der Waals surface area contributed by atoms with Crippen LogP contribution in [0.15, 0.2) is 42.6 Å². The Morgan fingerprint density at radius 2 is 2.16 bits per heavy atom. The van der Waals surface area contributed by atoms with Crippen LogP contribution in [0.5, 0.6) is 5.75 Å². The average Bonchev–Trinajstić information content (AvgIpc) is 2.62. The Kier molecular flexibility index (Phi) is 3.56. The second-order valence-corrected chi connectivity index (χ2v) is 4.97. The molecular formula is C15H15ClN2O. The fraction of sp³-hybridized carbons (Fsp3) is 0.267. The number of rotatable bonds is 2. The molecule has 0 saturated carbocycles. The van der Waals surface area contributed by atoms with Gasteiger partial charge in [-0.25, -0.2) is 4.98 Å². The summed E-state index contributed by atoms with van der Waals surface area (Å²) in [5.41, 5.74) is 2.31. The zero-order valence-corrected chi connectivity index (χ0v) is 11.3. The number of anilines is 1. The molecule has 0 fully saturated rings. The molecule has 1 aromatic carbocycles. The molecule has 0 N–H and O–H groups in total. The van der Waals surface area contributed by atoms with E-state index >= 15 is 0 Å². The highest BCUT2D eigenvalue weighted by Crippen LogP contribution is 2.31. The molecule has 0 aliphatic carbocycles. The zero-order chi connectivity index (χ0) is 13.1. The molecule has 2 heterocycles. The number of fused-ring (bicyclic) bond motifs is 1. The van der Waals surface area contributed by atoms with E-state index in [1.54, 1.807) is 6.20 Å². The number of hydrogen-bond donors (Lipinski definition) is 0. The molecule has 1 aliphatic heterocycles. The molecule has 1 aliphatic rings. The van der Waals surface area contributed by atoms with E-state index in [2.05, 4.69) is 16.0 Å². The summed E-state index contributed by atoms with van der Waals surface area (Å²) in [5, 5.41) is 0.539. The number of hydrogen-bond acceptors (Lipinski definition) is 3. The standard InChI is InChI=1S/C15H15ClN2O/c16-15-10-12(6-7-17-15)11-18-8-3-9-19-14-5-2-1-4-13(14)18/h1-2,4-7,10H,3,8-9,11H2. The number of aromatic nitrogens is 1. The van der Waals surface area contributed by atoms with Crippen molar-refractivity contribution in [3.8, 4) is 5.75 Å². The van der Waals surface area contributed by atoms with Crippen LogP contribution in [0.3, 0.4) is 0 Å². The molecule has 3 rings (SSSR count). The quantitative estimate of drug-likeness (QED) is 0.784. The molecule has 0 spiro atoms. The lowest BCUT2D eigenvalue weighted by Gasteiger charge is -2.23. The summed E-state index contributed by atoms with van der Waals surface area (Å²) in [6.45, 7) is 2.57. The fourth-order valence-corrected chi connectivity index (χ4v) is 2.52. The topological polar surface area (TPSA) is 25.4 Å². The van der Waals surface area contributed by atoms with Crippen LogP contribution in [-0.2, 0) is 6.54 Å². The van der Waals surface area contributed by atoms with E-state index in [9.17, 15) is 0 Å². The zero-order valence-electron chi connectivity index (χ0n) is 10.6. The minimum atomic E-state index is 0.539. The second kappa shape index (κ2) is 5.49. The summed E-state index contributed by atoms with van der Waals surface area (Å²) in [7, 11) is 0. The highest BCUT2D eigenvalue weighted by atomic mass is 35.5. The maximum Gasteiger partial charge on any atom is 0.142 e. The van der Waals surface area contributed by atoms with Gasteiger partial charge in [0.1, 0.15) is 10.9 Å². The van der Waals surface area contributed by atoms with Gasteiger partial charge in [0.25, 0.3) is 0 Å². The van der Waals surface area contributed by atoms with Crippen molar-refractivity contribution in [2.45, 2.75) is 13.0 Å². The van der Waals surface area contributed by atoms with Gasteiger partial charge in [-0.3, -0.25) is 0 Å². The Bertz CT molecular complexity index is 574. The highest BCUT2D eigenvalue weighted by molar-refractivity contribution is 6.29. The van der Waals surface area contributed by atoms with Crippen LogP contribution >= 0.6 is 11.6 Å². The second-order valence-electron chi connectivity index (χ2n) is 4.58. The van der Waals surface area contributed by atoms with Crippen LogP contribution in [0, 0.1) is 0 Å². The van der Waals surface area contributed by atoms with Crippen molar-refractivity contribution in [2.75, 3.05) is 18.1 Å². The van der Waals surface area contributed by atoms with Crippen molar-refractivity contribution in [1.82, 2.24) is 4.98 Å². The molecule has 0 amide bonds. The number of pyridine rings is 1. The van der Waals surface area contributed by atoms with Crippen LogP contribution in [0.4, 0.5) is 5.69 Å². The van der Waals surface area contributed by atoms with Crippen molar-refractivity contribution < 1.29 is 4.74 Å². The summed E-state index contributed by atoms with van der Waals surface area (Å²) < 4.78 is 5.76. The number of para-hydroxylation sites is 2. The summed E-state index contributed by atoms with van der Waals surface area (Å²) in [6, 6.07) is 12.1. The fourth-order valence-electron chi connectivity index (χ4n) is 2.32. The largest absolute Gasteiger partial charge is 0.491 e. The van der Waals surface area contributed by atoms with Gasteiger partial charge in [0.2, 0.25) is 0 Å². The molecule has 0 atom stereocenters. The van der Waals surface area contributed by atoms with E-state index in [0.29, 0.717) is 5.15 Å². The van der Waals surface area contributed by atoms with E-state index in [1.807, 2.05) is 30.3 Å². The predicted octanol–water partition coefficient (Wildman–Crippen LogP) is 3.52. The highest BCUT2D eigenvalue weighted by Gasteiger charge is 2.15. The molecule has 2 aromatic rings. The third-order valence-corrected chi connectivity index (χ3v) is 3.41. The minimum absolute atomic E-state index is 0.539. The Labute approximate surface area is 117 Å². The molecule has 0 radical (unpaired) electrons. The molecule has 0 unspecified atom stereocenters. The van der Waals surface area contributed by atoms with Gasteiger partial charge in [-0.05, 0) is 36.2 Å². The van der Waals surface area contributed by atoms with Gasteiger partial charge in [-0.2, -0.15) is 0 Å². The van der Waals surface area contributed by atoms with Gasteiger partial charge < -0.3 is 9.64 Å². The number of halogens is 1. The van der Waals surface area contributed by atoms with E-state index in [-0.39, 0.29) is 0 Å². The summed E-state index contributed by atoms with van der Waals surface area (Å²) >= 11 is 5.94. The smallest absolute Gasteiger partial charge is 0.142 e. The maximum absolute atomic E-state index is 5.94. The summed E-state index contributed by atoms with van der Waals surface area (Å²) in [6.07, 6.45) is 2.77. The first-order valence-electron chi connectivity index (χ1n) is 6.40. The first-order chi connectivity index (χ1) is 9.33. The normalized spacial score (nSPS) is 14.5. The van der Waals surface area contributed by atoms with Gasteiger partial charge in [0.05, 0.1) is 12.3 Å². The van der Waals surface area contributed by atoms with Crippen LogP contribution in [0.1, 0.15) is 12.0 Å². The van der Waals surface area contributed by atoms with Crippen molar-refractivity contribution in [2.24, 2.45) is 0 Å². The van der Waals surface area contributed by atoms with Gasteiger partial charge in [0, 0.05) is 19.3 Å². The number of nitrogens with zero attached hydrogens (tertiary/aromatic N) is 2. The maximum atomic E-state index is 5.94. The van der Waals surface area contributed by atoms with Crippen molar-refractivity contribution in [1.29, 1.82) is 0 Å². The molecule has 19 heavy (non-hydrogen) atoms. The Balaban J connectivity index is 1.88. The average molecular weight is 275 g/mol. The van der Waals surface area contributed by atoms with Crippen LogP contribution in [-0.4, -0.2) is 18.1 Å². The molecule has 0 saturated heterocycles. The Morgan fingerprint density at radius 3 is 3.05 bits per heavy atom. The first-order valence-corrected chi connectivity index (χ1v) is 6.78. The molecule has 3 nitrogen and oxygen atoms in total. The van der Waals surface area contributed by atoms with Gasteiger partial charge >= 0.3 is 0 Å². The molecule has 1 aromatic heterocycles. The van der Waals surface area contributed by atoms with E-state index in [4.69, 9.17) is 16.3 Å². The Morgan fingerprint density at radius 1 is 1.26 bits per heavy atom. The monoisotopic (exact) mass is 274 g/mol. The summed E-state index contributed by atoms with van der Waals surface area (Å²) in [4.78, 5) is 6.35. The van der Waals surface area contributed by atoms with Gasteiger partial charge in [0.15, 0.2) is 0 Å². The lowest BCUT2D eigenvalue weighted by molar-refractivity contribution is 0.322. The molecule has 4 heteroatoms. The number of benzene rings is 1. The third kappa shape index (κ3) is 2.82. The van der Waals surface area contributed by atoms with Gasteiger partial charge in [-0.1, -0.05) is 23.7 Å². The van der Waals surface area contributed by atoms with Crippen molar-refractivity contribution in [3.63, 3.8) is 0 Å². The van der Waals surface area contributed by atoms with Crippen LogP contribution in [0.25, 0.3) is 0 Å². The van der Waals surface area contributed by atoms with E-state index in [1.165, 1.54) is 0 Å². The third-order valence-electron chi connectivity index (χ3n) is 3.20. The Hall–Kier alpha value is -1.74. The molecule has 0 bridgehead atoms. The van der Waals surface area contributed by atoms with Crippen LogP contribution < -0.4 is 9.64 Å². The van der Waals surface area contributed by atoms with Crippen molar-refractivity contribution >= 4 is 17.3 Å². The van der Waals surface area contributed by atoms with Gasteiger partial charge in [-0.15, -0.1) is 0 Å². The van der Waals surface area contributed by atoms with Crippen LogP contribution in [0.2, 0.25) is 5.15 Å². The van der Waals surface area contributed by atoms with E-state index in [0.717, 1.165) is 43.1 Å².